The average Bonchev–Trinajstić information content (AvgIpc) is 2.77. The van der Waals surface area contributed by atoms with Gasteiger partial charge in [-0.3, -0.25) is 14.4 Å². The molecule has 1 aromatic rings. The van der Waals surface area contributed by atoms with E-state index in [1.54, 1.807) is 6.92 Å². The molecule has 7 heteroatoms. The molecule has 1 aromatic carbocycles. The van der Waals surface area contributed by atoms with Crippen molar-refractivity contribution in [3.63, 3.8) is 0 Å². The van der Waals surface area contributed by atoms with Gasteiger partial charge in [0.2, 0.25) is 5.91 Å². The van der Waals surface area contributed by atoms with Gasteiger partial charge >= 0.3 is 11.9 Å². The topological polar surface area (TPSA) is 76.2 Å². The molecule has 0 bridgehead atoms. The van der Waals surface area contributed by atoms with Gasteiger partial charge in [0.25, 0.3) is 0 Å². The zero-order valence-corrected chi connectivity index (χ0v) is 17.7. The highest BCUT2D eigenvalue weighted by molar-refractivity contribution is 5.94. The van der Waals surface area contributed by atoms with Gasteiger partial charge in [-0.25, -0.2) is 0 Å². The average molecular weight is 405 g/mol. The van der Waals surface area contributed by atoms with Crippen molar-refractivity contribution in [1.82, 2.24) is 4.90 Å². The number of esters is 2. The largest absolute Gasteiger partial charge is 0.469 e. The third-order valence-corrected chi connectivity index (χ3v) is 5.48. The minimum atomic E-state index is -0.596. The van der Waals surface area contributed by atoms with Crippen LogP contribution < -0.4 is 4.90 Å². The quantitative estimate of drug-likeness (QED) is 0.589. The van der Waals surface area contributed by atoms with Crippen molar-refractivity contribution >= 4 is 23.5 Å². The molecule has 7 nitrogen and oxygen atoms in total. The highest BCUT2D eigenvalue weighted by Gasteiger charge is 2.44. The van der Waals surface area contributed by atoms with E-state index in [2.05, 4.69) is 4.90 Å². The molecule has 160 valence electrons. The van der Waals surface area contributed by atoms with Gasteiger partial charge in [0.05, 0.1) is 19.1 Å². The molecule has 0 aromatic heterocycles. The molecule has 1 heterocycles. The van der Waals surface area contributed by atoms with Crippen LogP contribution in [0.1, 0.15) is 46.0 Å². The first-order valence-electron chi connectivity index (χ1n) is 10.3. The van der Waals surface area contributed by atoms with Crippen LogP contribution in [0, 0.1) is 0 Å². The van der Waals surface area contributed by atoms with Gasteiger partial charge in [-0.2, -0.15) is 0 Å². The van der Waals surface area contributed by atoms with Crippen LogP contribution >= 0.6 is 0 Å². The normalized spacial score (nSPS) is 16.1. The smallest absolute Gasteiger partial charge is 0.306 e. The van der Waals surface area contributed by atoms with Crippen molar-refractivity contribution in [2.45, 2.75) is 51.5 Å². The van der Waals surface area contributed by atoms with E-state index in [9.17, 15) is 14.4 Å². The number of benzene rings is 1. The molecule has 1 saturated heterocycles. The fraction of sp³-hybridized carbons (Fsp3) is 0.591. The number of anilines is 1. The molecule has 0 aliphatic carbocycles. The monoisotopic (exact) mass is 404 g/mol. The summed E-state index contributed by atoms with van der Waals surface area (Å²) >= 11 is 0. The van der Waals surface area contributed by atoms with Gasteiger partial charge in [-0.05, 0) is 25.0 Å². The van der Waals surface area contributed by atoms with Crippen LogP contribution in [0.3, 0.4) is 0 Å². The standard InChI is InChI=1S/C22H32N2O5/c1-4-19(25)24(18-9-7-6-8-10-18)22(17-29-20(26)5-2)12-15-23(16-13-22)14-11-21(27)28-3/h6-10H,4-5,11-17H2,1-3H3. The number of methoxy groups -OCH3 is 1. The zero-order chi connectivity index (χ0) is 21.3. The number of carbonyl (C=O) groups excluding carboxylic acids is 3. The molecule has 0 spiro atoms. The second kappa shape index (κ2) is 11.0. The Balaban J connectivity index is 2.24. The predicted octanol–water partition coefficient (Wildman–Crippen LogP) is 2.78. The minimum Gasteiger partial charge on any atom is -0.469 e. The van der Waals surface area contributed by atoms with Crippen LogP contribution in [0.15, 0.2) is 30.3 Å². The van der Waals surface area contributed by atoms with Crippen LogP contribution in [0.5, 0.6) is 0 Å². The lowest BCUT2D eigenvalue weighted by Crippen LogP contribution is -2.60. The number of amides is 1. The third kappa shape index (κ3) is 6.03. The lowest BCUT2D eigenvalue weighted by molar-refractivity contribution is -0.147. The molecule has 29 heavy (non-hydrogen) atoms. The second-order valence-corrected chi connectivity index (χ2v) is 7.32. The van der Waals surface area contributed by atoms with Crippen molar-refractivity contribution in [2.75, 3.05) is 38.3 Å². The molecular weight excluding hydrogens is 372 g/mol. The van der Waals surface area contributed by atoms with Crippen molar-refractivity contribution < 1.29 is 23.9 Å². The Bertz CT molecular complexity index is 684. The summed E-state index contributed by atoms with van der Waals surface area (Å²) < 4.78 is 10.3. The number of hydrogen-bond acceptors (Lipinski definition) is 6. The summed E-state index contributed by atoms with van der Waals surface area (Å²) in [5.41, 5.74) is 0.219. The van der Waals surface area contributed by atoms with Crippen molar-refractivity contribution in [2.24, 2.45) is 0 Å². The number of para-hydroxylation sites is 1. The maximum atomic E-state index is 13.0. The predicted molar refractivity (Wildman–Crippen MR) is 111 cm³/mol. The van der Waals surface area contributed by atoms with E-state index < -0.39 is 5.54 Å². The summed E-state index contributed by atoms with van der Waals surface area (Å²) in [6.07, 6.45) is 2.32. The summed E-state index contributed by atoms with van der Waals surface area (Å²) in [6.45, 7) is 5.81. The molecule has 2 rings (SSSR count). The summed E-state index contributed by atoms with van der Waals surface area (Å²) in [4.78, 5) is 40.3. The van der Waals surface area contributed by atoms with Gasteiger partial charge < -0.3 is 19.3 Å². The first-order chi connectivity index (χ1) is 14.0. The molecule has 1 amide bonds. The number of nitrogens with zero attached hydrogens (tertiary/aromatic N) is 2. The fourth-order valence-electron chi connectivity index (χ4n) is 3.71. The van der Waals surface area contributed by atoms with Gasteiger partial charge in [0, 0.05) is 38.2 Å². The van der Waals surface area contributed by atoms with E-state index >= 15 is 0 Å². The molecule has 0 atom stereocenters. The second-order valence-electron chi connectivity index (χ2n) is 7.32. The van der Waals surface area contributed by atoms with Crippen LogP contribution in [-0.2, 0) is 23.9 Å². The van der Waals surface area contributed by atoms with Crippen LogP contribution in [0.2, 0.25) is 0 Å². The Labute approximate surface area is 172 Å². The number of piperidine rings is 1. The Kier molecular flexibility index (Phi) is 8.64. The van der Waals surface area contributed by atoms with Gasteiger partial charge in [-0.15, -0.1) is 0 Å². The molecule has 1 aliphatic rings. The number of ether oxygens (including phenoxy) is 2. The van der Waals surface area contributed by atoms with Crippen molar-refractivity contribution in [1.29, 1.82) is 0 Å². The Morgan fingerprint density at radius 1 is 1.03 bits per heavy atom. The maximum absolute atomic E-state index is 13.0. The van der Waals surface area contributed by atoms with E-state index in [0.29, 0.717) is 51.7 Å². The Morgan fingerprint density at radius 3 is 2.24 bits per heavy atom. The molecule has 0 unspecified atom stereocenters. The molecule has 0 saturated carbocycles. The summed E-state index contributed by atoms with van der Waals surface area (Å²) in [7, 11) is 1.39. The lowest BCUT2D eigenvalue weighted by Gasteiger charge is -2.48. The SMILES string of the molecule is CCC(=O)OCC1(N(C(=O)CC)c2ccccc2)CCN(CCC(=O)OC)CC1. The number of carbonyl (C=O) groups is 3. The summed E-state index contributed by atoms with van der Waals surface area (Å²) in [5, 5.41) is 0. The summed E-state index contributed by atoms with van der Waals surface area (Å²) in [5.74, 6) is -0.494. The molecule has 0 N–H and O–H groups in total. The summed E-state index contributed by atoms with van der Waals surface area (Å²) in [6, 6.07) is 9.56. The van der Waals surface area contributed by atoms with E-state index in [0.717, 1.165) is 5.69 Å². The van der Waals surface area contributed by atoms with E-state index in [-0.39, 0.29) is 24.5 Å². The van der Waals surface area contributed by atoms with Gasteiger partial charge in [-0.1, -0.05) is 32.0 Å². The highest BCUT2D eigenvalue weighted by Crippen LogP contribution is 2.34. The molecule has 1 fully saturated rings. The van der Waals surface area contributed by atoms with Crippen molar-refractivity contribution in [3.05, 3.63) is 30.3 Å². The zero-order valence-electron chi connectivity index (χ0n) is 17.7. The Hall–Kier alpha value is -2.41. The highest BCUT2D eigenvalue weighted by atomic mass is 16.5. The van der Waals surface area contributed by atoms with E-state index in [1.165, 1.54) is 7.11 Å². The van der Waals surface area contributed by atoms with Crippen LogP contribution in [0.4, 0.5) is 5.69 Å². The number of hydrogen-bond donors (Lipinski definition) is 0. The molecular formula is C22H32N2O5. The van der Waals surface area contributed by atoms with Gasteiger partial charge in [0.15, 0.2) is 0 Å². The maximum Gasteiger partial charge on any atom is 0.306 e. The Morgan fingerprint density at radius 2 is 1.69 bits per heavy atom. The van der Waals surface area contributed by atoms with Crippen LogP contribution in [0.25, 0.3) is 0 Å². The first-order valence-corrected chi connectivity index (χ1v) is 10.3. The van der Waals surface area contributed by atoms with Gasteiger partial charge in [0.1, 0.15) is 6.61 Å². The van der Waals surface area contributed by atoms with Crippen molar-refractivity contribution in [3.8, 4) is 0 Å². The molecule has 1 aliphatic heterocycles. The van der Waals surface area contributed by atoms with Crippen LogP contribution in [-0.4, -0.2) is 61.6 Å². The fourth-order valence-corrected chi connectivity index (χ4v) is 3.71. The minimum absolute atomic E-state index is 0.00626. The number of likely N-dealkylation sites (tertiary alicyclic amines) is 1. The van der Waals surface area contributed by atoms with E-state index in [1.807, 2.05) is 42.2 Å². The molecule has 0 radical (unpaired) electrons. The van der Waals surface area contributed by atoms with E-state index in [4.69, 9.17) is 9.47 Å². The lowest BCUT2D eigenvalue weighted by atomic mass is 9.85. The third-order valence-electron chi connectivity index (χ3n) is 5.48. The first kappa shape index (κ1) is 22.9. The number of rotatable bonds is 9.